The van der Waals surface area contributed by atoms with Gasteiger partial charge in [0.15, 0.2) is 0 Å². The molecule has 1 rings (SSSR count). The van der Waals surface area contributed by atoms with Crippen molar-refractivity contribution < 1.29 is 0 Å². The first-order valence-corrected chi connectivity index (χ1v) is 6.59. The number of hydrogen-bond acceptors (Lipinski definition) is 1. The zero-order valence-electron chi connectivity index (χ0n) is 11.2. The molecule has 0 heterocycles. The molecule has 0 N–H and O–H groups in total. The van der Waals surface area contributed by atoms with Gasteiger partial charge in [0.05, 0.1) is 0 Å². The second kappa shape index (κ2) is 6.67. The molecule has 90 valence electrons. The summed E-state index contributed by atoms with van der Waals surface area (Å²) in [5, 5.41) is 0. The van der Waals surface area contributed by atoms with Crippen molar-refractivity contribution in [2.75, 3.05) is 6.54 Å². The lowest BCUT2D eigenvalue weighted by molar-refractivity contribution is 0.557. The lowest BCUT2D eigenvalue weighted by atomic mass is 9.89. The maximum atomic E-state index is 4.69. The van der Waals surface area contributed by atoms with Crippen molar-refractivity contribution in [1.29, 1.82) is 0 Å². The molecule has 16 heavy (non-hydrogen) atoms. The number of aliphatic imine (C=N–C) groups is 1. The van der Waals surface area contributed by atoms with Gasteiger partial charge in [0, 0.05) is 12.3 Å². The monoisotopic (exact) mass is 219 g/mol. The number of nitrogens with zero attached hydrogens (tertiary/aromatic N) is 1. The molecular formula is C15H25N. The van der Waals surface area contributed by atoms with Crippen LogP contribution in [0.5, 0.6) is 0 Å². The largest absolute Gasteiger partial charge is 0.289 e. The number of rotatable bonds is 2. The molecule has 0 bridgehead atoms. The second-order valence-corrected chi connectivity index (χ2v) is 4.76. The van der Waals surface area contributed by atoms with Crippen LogP contribution in [0, 0.1) is 5.92 Å². The van der Waals surface area contributed by atoms with E-state index < -0.39 is 0 Å². The van der Waals surface area contributed by atoms with E-state index in [1.54, 1.807) is 0 Å². The zero-order valence-corrected chi connectivity index (χ0v) is 11.2. The first kappa shape index (κ1) is 13.2. The van der Waals surface area contributed by atoms with Crippen LogP contribution in [0.25, 0.3) is 0 Å². The Labute approximate surface area is 100 Å². The van der Waals surface area contributed by atoms with Gasteiger partial charge >= 0.3 is 0 Å². The van der Waals surface area contributed by atoms with E-state index in [-0.39, 0.29) is 0 Å². The summed E-state index contributed by atoms with van der Waals surface area (Å²) in [5.74, 6) is 0.759. The number of hydrogen-bond donors (Lipinski definition) is 0. The first-order chi connectivity index (χ1) is 7.69. The average molecular weight is 219 g/mol. The van der Waals surface area contributed by atoms with E-state index in [4.69, 9.17) is 4.99 Å². The van der Waals surface area contributed by atoms with Gasteiger partial charge in [-0.3, -0.25) is 4.99 Å². The second-order valence-electron chi connectivity index (χ2n) is 4.76. The van der Waals surface area contributed by atoms with Crippen LogP contribution < -0.4 is 0 Å². The van der Waals surface area contributed by atoms with Crippen LogP contribution in [0.1, 0.15) is 53.4 Å². The van der Waals surface area contributed by atoms with Crippen molar-refractivity contribution in [2.24, 2.45) is 10.9 Å². The van der Waals surface area contributed by atoms with Crippen LogP contribution in [0.15, 0.2) is 28.3 Å². The lowest BCUT2D eigenvalue weighted by Gasteiger charge is -2.18. The SMILES string of the molecule is CCN=C1C[C@H](C)CC/C=C\C1=C(\C)CC. The fraction of sp³-hybridized carbons (Fsp3) is 0.667. The van der Waals surface area contributed by atoms with Crippen LogP contribution in [0.2, 0.25) is 0 Å². The van der Waals surface area contributed by atoms with Gasteiger partial charge < -0.3 is 0 Å². The Morgan fingerprint density at radius 2 is 2.19 bits per heavy atom. The van der Waals surface area contributed by atoms with Gasteiger partial charge in [-0.15, -0.1) is 0 Å². The molecule has 0 radical (unpaired) electrons. The van der Waals surface area contributed by atoms with Crippen LogP contribution in [0.3, 0.4) is 0 Å². The highest BCUT2D eigenvalue weighted by Gasteiger charge is 2.13. The minimum Gasteiger partial charge on any atom is -0.289 e. The van der Waals surface area contributed by atoms with Gasteiger partial charge in [-0.2, -0.15) is 0 Å². The summed E-state index contributed by atoms with van der Waals surface area (Å²) in [6.45, 7) is 9.82. The van der Waals surface area contributed by atoms with E-state index in [1.807, 2.05) is 0 Å². The Bertz CT molecular complexity index is 307. The molecule has 0 aliphatic heterocycles. The quantitative estimate of drug-likeness (QED) is 0.646. The van der Waals surface area contributed by atoms with Gasteiger partial charge in [-0.25, -0.2) is 0 Å². The van der Waals surface area contributed by atoms with Gasteiger partial charge in [0.25, 0.3) is 0 Å². The Kier molecular flexibility index (Phi) is 5.51. The van der Waals surface area contributed by atoms with E-state index in [0.29, 0.717) is 0 Å². The molecule has 0 aromatic heterocycles. The Morgan fingerprint density at radius 1 is 1.44 bits per heavy atom. The average Bonchev–Trinajstić information content (AvgIpc) is 2.25. The van der Waals surface area contributed by atoms with E-state index in [9.17, 15) is 0 Å². The molecule has 1 aliphatic carbocycles. The smallest absolute Gasteiger partial charge is 0.0422 e. The van der Waals surface area contributed by atoms with Gasteiger partial charge in [0.1, 0.15) is 0 Å². The van der Waals surface area contributed by atoms with Crippen molar-refractivity contribution >= 4 is 5.71 Å². The van der Waals surface area contributed by atoms with Crippen LogP contribution >= 0.6 is 0 Å². The van der Waals surface area contributed by atoms with Crippen molar-refractivity contribution in [3.05, 3.63) is 23.3 Å². The van der Waals surface area contributed by atoms with E-state index in [1.165, 1.54) is 29.7 Å². The third-order valence-electron chi connectivity index (χ3n) is 3.30. The fourth-order valence-corrected chi connectivity index (χ4v) is 2.14. The third kappa shape index (κ3) is 3.62. The molecule has 0 unspecified atom stereocenters. The third-order valence-corrected chi connectivity index (χ3v) is 3.30. The zero-order chi connectivity index (χ0) is 12.0. The normalized spacial score (nSPS) is 29.8. The maximum Gasteiger partial charge on any atom is 0.0422 e. The number of allylic oxidation sites excluding steroid dienone is 4. The maximum absolute atomic E-state index is 4.69. The van der Waals surface area contributed by atoms with Gasteiger partial charge in [-0.1, -0.05) is 31.6 Å². The Balaban J connectivity index is 3.07. The summed E-state index contributed by atoms with van der Waals surface area (Å²) >= 11 is 0. The van der Waals surface area contributed by atoms with Crippen molar-refractivity contribution in [3.8, 4) is 0 Å². The molecule has 0 fully saturated rings. The molecule has 0 amide bonds. The topological polar surface area (TPSA) is 12.4 Å². The summed E-state index contributed by atoms with van der Waals surface area (Å²) < 4.78 is 0. The predicted molar refractivity (Wildman–Crippen MR) is 73.1 cm³/mol. The van der Waals surface area contributed by atoms with E-state index in [2.05, 4.69) is 39.8 Å². The van der Waals surface area contributed by atoms with Crippen molar-refractivity contribution in [1.82, 2.24) is 0 Å². The standard InChI is InChI=1S/C15H25N/c1-5-13(4)14-10-8-7-9-12(3)11-15(14)16-6-2/h8,10,12H,5-7,9,11H2,1-4H3/b10-8-,14-13+,16-15?/t12-/m1/s1. The van der Waals surface area contributed by atoms with E-state index in [0.717, 1.165) is 25.3 Å². The molecule has 0 aromatic rings. The molecule has 0 saturated carbocycles. The molecule has 1 atom stereocenters. The molecule has 1 heteroatoms. The highest BCUT2D eigenvalue weighted by molar-refractivity contribution is 6.03. The Hall–Kier alpha value is -0.850. The fourth-order valence-electron chi connectivity index (χ4n) is 2.14. The van der Waals surface area contributed by atoms with E-state index >= 15 is 0 Å². The molecule has 1 nitrogen and oxygen atoms in total. The van der Waals surface area contributed by atoms with Crippen LogP contribution in [0.4, 0.5) is 0 Å². The minimum atomic E-state index is 0.759. The summed E-state index contributed by atoms with van der Waals surface area (Å²) in [6.07, 6.45) is 9.37. The lowest BCUT2D eigenvalue weighted by Crippen LogP contribution is -2.11. The van der Waals surface area contributed by atoms with Gasteiger partial charge in [0.2, 0.25) is 0 Å². The first-order valence-electron chi connectivity index (χ1n) is 6.59. The highest BCUT2D eigenvalue weighted by atomic mass is 14.7. The molecular weight excluding hydrogens is 194 g/mol. The summed E-state index contributed by atoms with van der Waals surface area (Å²) in [5.41, 5.74) is 4.19. The minimum absolute atomic E-state index is 0.759. The highest BCUT2D eigenvalue weighted by Crippen LogP contribution is 2.22. The van der Waals surface area contributed by atoms with Crippen molar-refractivity contribution in [3.63, 3.8) is 0 Å². The van der Waals surface area contributed by atoms with Crippen molar-refractivity contribution in [2.45, 2.75) is 53.4 Å². The predicted octanol–water partition coefficient (Wildman–Crippen LogP) is 4.55. The van der Waals surface area contributed by atoms with Gasteiger partial charge in [-0.05, 0) is 51.0 Å². The summed E-state index contributed by atoms with van der Waals surface area (Å²) in [4.78, 5) is 4.69. The molecule has 0 aromatic carbocycles. The summed E-state index contributed by atoms with van der Waals surface area (Å²) in [7, 11) is 0. The van der Waals surface area contributed by atoms with Crippen LogP contribution in [-0.4, -0.2) is 12.3 Å². The Morgan fingerprint density at radius 3 is 2.81 bits per heavy atom. The molecule has 0 spiro atoms. The van der Waals surface area contributed by atoms with Crippen LogP contribution in [-0.2, 0) is 0 Å². The summed E-state index contributed by atoms with van der Waals surface area (Å²) in [6, 6.07) is 0. The molecule has 0 saturated heterocycles. The molecule has 1 aliphatic rings.